The Balaban J connectivity index is 2.15. The highest BCUT2D eigenvalue weighted by molar-refractivity contribution is 5.21. The number of rotatable bonds is 1. The van der Waals surface area contributed by atoms with Gasteiger partial charge in [0, 0.05) is 6.04 Å². The third-order valence-corrected chi connectivity index (χ3v) is 3.30. The molecule has 0 bridgehead atoms. The van der Waals surface area contributed by atoms with E-state index in [2.05, 4.69) is 30.3 Å². The van der Waals surface area contributed by atoms with Crippen LogP contribution in [-0.4, -0.2) is 6.04 Å². The molecule has 1 aromatic carbocycles. The molecule has 2 rings (SSSR count). The standard InChI is InChI=1S/C13H19N/c14-13-10-6-2-5-9-12(13)11-7-3-1-4-8-11/h1,3-4,7-8,12-13H,2,5-6,9-10,14H2/t12-,13+/m0/s1. The summed E-state index contributed by atoms with van der Waals surface area (Å²) in [5.41, 5.74) is 7.64. The van der Waals surface area contributed by atoms with Gasteiger partial charge in [-0.3, -0.25) is 0 Å². The van der Waals surface area contributed by atoms with Gasteiger partial charge < -0.3 is 5.73 Å². The van der Waals surface area contributed by atoms with E-state index in [0.29, 0.717) is 12.0 Å². The summed E-state index contributed by atoms with van der Waals surface area (Å²) < 4.78 is 0. The molecule has 0 spiro atoms. The molecule has 1 aliphatic rings. The highest BCUT2D eigenvalue weighted by atomic mass is 14.6. The monoisotopic (exact) mass is 189 g/mol. The third-order valence-electron chi connectivity index (χ3n) is 3.30. The zero-order chi connectivity index (χ0) is 9.80. The minimum absolute atomic E-state index is 0.375. The van der Waals surface area contributed by atoms with Crippen molar-refractivity contribution in [2.24, 2.45) is 5.73 Å². The number of benzene rings is 1. The first-order valence-corrected chi connectivity index (χ1v) is 5.68. The predicted molar refractivity (Wildman–Crippen MR) is 60.2 cm³/mol. The van der Waals surface area contributed by atoms with Gasteiger partial charge in [0.25, 0.3) is 0 Å². The molecule has 1 aliphatic carbocycles. The maximum atomic E-state index is 6.21. The average molecular weight is 189 g/mol. The van der Waals surface area contributed by atoms with Crippen LogP contribution in [0.3, 0.4) is 0 Å². The van der Waals surface area contributed by atoms with E-state index >= 15 is 0 Å². The summed E-state index contributed by atoms with van der Waals surface area (Å²) in [6.45, 7) is 0. The molecule has 0 heterocycles. The van der Waals surface area contributed by atoms with E-state index in [9.17, 15) is 0 Å². The summed E-state index contributed by atoms with van der Waals surface area (Å²) in [6, 6.07) is 11.1. The van der Waals surface area contributed by atoms with E-state index in [1.54, 1.807) is 0 Å². The Morgan fingerprint density at radius 1 is 0.929 bits per heavy atom. The quantitative estimate of drug-likeness (QED) is 0.675. The summed E-state index contributed by atoms with van der Waals surface area (Å²) in [6.07, 6.45) is 6.47. The zero-order valence-electron chi connectivity index (χ0n) is 8.65. The molecular formula is C13H19N. The fourth-order valence-electron chi connectivity index (χ4n) is 2.45. The Kier molecular flexibility index (Phi) is 3.20. The van der Waals surface area contributed by atoms with E-state index in [1.165, 1.54) is 37.7 Å². The van der Waals surface area contributed by atoms with E-state index in [1.807, 2.05) is 0 Å². The molecule has 0 radical (unpaired) electrons. The van der Waals surface area contributed by atoms with E-state index in [0.717, 1.165) is 0 Å². The van der Waals surface area contributed by atoms with Gasteiger partial charge in [-0.05, 0) is 24.3 Å². The second-order valence-corrected chi connectivity index (χ2v) is 4.32. The fraction of sp³-hybridized carbons (Fsp3) is 0.538. The number of hydrogen-bond acceptors (Lipinski definition) is 1. The Labute approximate surface area is 86.3 Å². The Bertz CT molecular complexity index is 268. The van der Waals surface area contributed by atoms with Gasteiger partial charge in [0.05, 0.1) is 0 Å². The molecule has 2 atom stereocenters. The predicted octanol–water partition coefficient (Wildman–Crippen LogP) is 3.06. The van der Waals surface area contributed by atoms with Crippen molar-refractivity contribution in [3.63, 3.8) is 0 Å². The van der Waals surface area contributed by atoms with Crippen LogP contribution in [0.4, 0.5) is 0 Å². The van der Waals surface area contributed by atoms with Gasteiger partial charge in [0.2, 0.25) is 0 Å². The smallest absolute Gasteiger partial charge is 0.0108 e. The summed E-state index contributed by atoms with van der Waals surface area (Å²) in [7, 11) is 0. The van der Waals surface area contributed by atoms with Crippen molar-refractivity contribution in [2.45, 2.75) is 44.1 Å². The molecule has 14 heavy (non-hydrogen) atoms. The van der Waals surface area contributed by atoms with Crippen molar-refractivity contribution < 1.29 is 0 Å². The summed E-state index contributed by atoms with van der Waals surface area (Å²) >= 11 is 0. The normalized spacial score (nSPS) is 28.4. The van der Waals surface area contributed by atoms with Gasteiger partial charge in [-0.25, -0.2) is 0 Å². The largest absolute Gasteiger partial charge is 0.327 e. The molecule has 1 nitrogen and oxygen atoms in total. The molecule has 1 fully saturated rings. The van der Waals surface area contributed by atoms with E-state index in [-0.39, 0.29) is 0 Å². The van der Waals surface area contributed by atoms with Crippen LogP contribution in [0.25, 0.3) is 0 Å². The van der Waals surface area contributed by atoms with Gasteiger partial charge in [-0.2, -0.15) is 0 Å². The zero-order valence-corrected chi connectivity index (χ0v) is 8.65. The summed E-state index contributed by atoms with van der Waals surface area (Å²) in [4.78, 5) is 0. The maximum absolute atomic E-state index is 6.21. The Morgan fingerprint density at radius 3 is 2.43 bits per heavy atom. The maximum Gasteiger partial charge on any atom is 0.0108 e. The highest BCUT2D eigenvalue weighted by Crippen LogP contribution is 2.30. The van der Waals surface area contributed by atoms with Crippen molar-refractivity contribution in [3.05, 3.63) is 35.9 Å². The van der Waals surface area contributed by atoms with Gasteiger partial charge in [0.1, 0.15) is 0 Å². The summed E-state index contributed by atoms with van der Waals surface area (Å²) in [5, 5.41) is 0. The highest BCUT2D eigenvalue weighted by Gasteiger charge is 2.21. The molecule has 0 saturated heterocycles. The lowest BCUT2D eigenvalue weighted by Gasteiger charge is -2.21. The number of nitrogens with two attached hydrogens (primary N) is 1. The van der Waals surface area contributed by atoms with Crippen LogP contribution < -0.4 is 5.73 Å². The second-order valence-electron chi connectivity index (χ2n) is 4.32. The minimum atomic E-state index is 0.375. The van der Waals surface area contributed by atoms with Gasteiger partial charge in [0.15, 0.2) is 0 Å². The molecule has 0 aliphatic heterocycles. The lowest BCUT2D eigenvalue weighted by molar-refractivity contribution is 0.505. The lowest BCUT2D eigenvalue weighted by Crippen LogP contribution is -2.27. The van der Waals surface area contributed by atoms with Gasteiger partial charge >= 0.3 is 0 Å². The van der Waals surface area contributed by atoms with Crippen LogP contribution in [0, 0.1) is 0 Å². The minimum Gasteiger partial charge on any atom is -0.327 e. The van der Waals surface area contributed by atoms with Crippen LogP contribution in [-0.2, 0) is 0 Å². The first kappa shape index (κ1) is 9.72. The van der Waals surface area contributed by atoms with Crippen LogP contribution in [0.2, 0.25) is 0 Å². The second kappa shape index (κ2) is 4.61. The van der Waals surface area contributed by atoms with Crippen LogP contribution in [0.15, 0.2) is 30.3 Å². The molecule has 1 heteroatoms. The lowest BCUT2D eigenvalue weighted by atomic mass is 9.88. The first-order valence-electron chi connectivity index (χ1n) is 5.68. The Hall–Kier alpha value is -0.820. The average Bonchev–Trinajstić information content (AvgIpc) is 2.44. The molecular weight excluding hydrogens is 170 g/mol. The molecule has 1 saturated carbocycles. The molecule has 0 amide bonds. The fourth-order valence-corrected chi connectivity index (χ4v) is 2.45. The van der Waals surface area contributed by atoms with Crippen molar-refractivity contribution in [2.75, 3.05) is 0 Å². The molecule has 0 aromatic heterocycles. The van der Waals surface area contributed by atoms with Crippen molar-refractivity contribution in [3.8, 4) is 0 Å². The third kappa shape index (κ3) is 2.16. The van der Waals surface area contributed by atoms with E-state index < -0.39 is 0 Å². The first-order chi connectivity index (χ1) is 6.88. The van der Waals surface area contributed by atoms with Gasteiger partial charge in [-0.1, -0.05) is 49.6 Å². The molecule has 76 valence electrons. The van der Waals surface area contributed by atoms with Crippen molar-refractivity contribution >= 4 is 0 Å². The SMILES string of the molecule is N[C@@H]1CCCCC[C@H]1c1ccccc1. The molecule has 1 aromatic rings. The molecule has 0 unspecified atom stereocenters. The Morgan fingerprint density at radius 2 is 1.64 bits per heavy atom. The van der Waals surface area contributed by atoms with Crippen LogP contribution in [0.5, 0.6) is 0 Å². The van der Waals surface area contributed by atoms with Crippen molar-refractivity contribution in [1.29, 1.82) is 0 Å². The summed E-state index contributed by atoms with van der Waals surface area (Å²) in [5.74, 6) is 0.596. The van der Waals surface area contributed by atoms with Crippen molar-refractivity contribution in [1.82, 2.24) is 0 Å². The number of hydrogen-bond donors (Lipinski definition) is 1. The van der Waals surface area contributed by atoms with Crippen LogP contribution in [0.1, 0.15) is 43.6 Å². The van der Waals surface area contributed by atoms with Crippen LogP contribution >= 0.6 is 0 Å². The topological polar surface area (TPSA) is 26.0 Å². The molecule has 2 N–H and O–H groups in total. The van der Waals surface area contributed by atoms with Gasteiger partial charge in [-0.15, -0.1) is 0 Å². The van der Waals surface area contributed by atoms with E-state index in [4.69, 9.17) is 5.73 Å².